The number of nitrogens with one attached hydrogen (secondary N) is 1. The number of benzene rings is 1. The van der Waals surface area contributed by atoms with Crippen molar-refractivity contribution < 1.29 is 13.6 Å². The summed E-state index contributed by atoms with van der Waals surface area (Å²) in [5, 5.41) is 2.64. The summed E-state index contributed by atoms with van der Waals surface area (Å²) in [6.07, 6.45) is 0. The third kappa shape index (κ3) is 3.70. The molecule has 17 heavy (non-hydrogen) atoms. The summed E-state index contributed by atoms with van der Waals surface area (Å²) in [6.45, 7) is 3.83. The van der Waals surface area contributed by atoms with Crippen LogP contribution in [0.1, 0.15) is 19.4 Å². The molecule has 1 amide bonds. The molecule has 0 saturated carbocycles. The van der Waals surface area contributed by atoms with Gasteiger partial charge in [0.2, 0.25) is 5.91 Å². The number of rotatable bonds is 4. The SMILES string of the molecule is CC(C)(CNC(=O)CS)c1ccc(F)cc1F. The van der Waals surface area contributed by atoms with Gasteiger partial charge in [0.25, 0.3) is 0 Å². The van der Waals surface area contributed by atoms with Crippen LogP contribution in [0, 0.1) is 11.6 Å². The predicted molar refractivity (Wildman–Crippen MR) is 66.2 cm³/mol. The van der Waals surface area contributed by atoms with Crippen molar-refractivity contribution in [2.75, 3.05) is 12.3 Å². The van der Waals surface area contributed by atoms with Crippen LogP contribution in [-0.2, 0) is 10.2 Å². The minimum Gasteiger partial charge on any atom is -0.355 e. The molecule has 1 rings (SSSR count). The second kappa shape index (κ2) is 5.49. The van der Waals surface area contributed by atoms with E-state index >= 15 is 0 Å². The van der Waals surface area contributed by atoms with Gasteiger partial charge in [0.15, 0.2) is 0 Å². The van der Waals surface area contributed by atoms with E-state index in [1.807, 2.05) is 0 Å². The number of hydrogen-bond donors (Lipinski definition) is 2. The Morgan fingerprint density at radius 3 is 2.59 bits per heavy atom. The van der Waals surface area contributed by atoms with Gasteiger partial charge in [-0.1, -0.05) is 19.9 Å². The molecule has 0 heterocycles. The molecule has 1 aromatic carbocycles. The molecule has 1 aromatic rings. The molecular weight excluding hydrogens is 244 g/mol. The van der Waals surface area contributed by atoms with Crippen molar-refractivity contribution in [1.82, 2.24) is 5.32 Å². The molecule has 0 aromatic heterocycles. The molecule has 0 spiro atoms. The van der Waals surface area contributed by atoms with Gasteiger partial charge in [-0.25, -0.2) is 8.78 Å². The maximum Gasteiger partial charge on any atom is 0.229 e. The number of carbonyl (C=O) groups is 1. The monoisotopic (exact) mass is 259 g/mol. The number of thiol groups is 1. The van der Waals surface area contributed by atoms with Crippen molar-refractivity contribution in [2.24, 2.45) is 0 Å². The Morgan fingerprint density at radius 2 is 2.06 bits per heavy atom. The molecule has 0 aliphatic heterocycles. The van der Waals surface area contributed by atoms with E-state index in [1.165, 1.54) is 12.1 Å². The molecule has 0 bridgehead atoms. The van der Waals surface area contributed by atoms with E-state index < -0.39 is 17.0 Å². The zero-order chi connectivity index (χ0) is 13.1. The van der Waals surface area contributed by atoms with Crippen LogP contribution < -0.4 is 5.32 Å². The van der Waals surface area contributed by atoms with E-state index in [-0.39, 0.29) is 18.2 Å². The van der Waals surface area contributed by atoms with Crippen LogP contribution in [0.15, 0.2) is 18.2 Å². The first kappa shape index (κ1) is 14.0. The van der Waals surface area contributed by atoms with E-state index in [4.69, 9.17) is 0 Å². The maximum atomic E-state index is 13.6. The fraction of sp³-hybridized carbons (Fsp3) is 0.417. The molecule has 0 saturated heterocycles. The largest absolute Gasteiger partial charge is 0.355 e. The summed E-state index contributed by atoms with van der Waals surface area (Å²) in [5.41, 5.74) is -0.227. The first-order valence-corrected chi connectivity index (χ1v) is 5.83. The molecule has 0 aliphatic rings. The summed E-state index contributed by atoms with van der Waals surface area (Å²) < 4.78 is 26.4. The number of amides is 1. The maximum absolute atomic E-state index is 13.6. The van der Waals surface area contributed by atoms with Crippen molar-refractivity contribution in [1.29, 1.82) is 0 Å². The highest BCUT2D eigenvalue weighted by molar-refractivity contribution is 7.81. The van der Waals surface area contributed by atoms with Crippen molar-refractivity contribution in [3.8, 4) is 0 Å². The highest BCUT2D eigenvalue weighted by Gasteiger charge is 2.24. The van der Waals surface area contributed by atoms with Gasteiger partial charge in [-0.15, -0.1) is 0 Å². The smallest absolute Gasteiger partial charge is 0.229 e. The average molecular weight is 259 g/mol. The normalized spacial score (nSPS) is 11.4. The van der Waals surface area contributed by atoms with Gasteiger partial charge in [-0.3, -0.25) is 4.79 Å². The van der Waals surface area contributed by atoms with Crippen molar-refractivity contribution in [2.45, 2.75) is 19.3 Å². The van der Waals surface area contributed by atoms with Crippen molar-refractivity contribution in [3.63, 3.8) is 0 Å². The lowest BCUT2D eigenvalue weighted by Crippen LogP contribution is -2.37. The van der Waals surface area contributed by atoms with Crippen LogP contribution in [-0.4, -0.2) is 18.2 Å². The molecule has 0 radical (unpaired) electrons. The summed E-state index contributed by atoms with van der Waals surface area (Å²) in [7, 11) is 0. The van der Waals surface area contributed by atoms with Gasteiger partial charge in [0, 0.05) is 18.0 Å². The highest BCUT2D eigenvalue weighted by Crippen LogP contribution is 2.25. The Hall–Kier alpha value is -1.10. The van der Waals surface area contributed by atoms with Gasteiger partial charge < -0.3 is 5.32 Å². The second-order valence-corrected chi connectivity index (χ2v) is 4.76. The molecular formula is C12H15F2NOS. The lowest BCUT2D eigenvalue weighted by atomic mass is 9.84. The number of carbonyl (C=O) groups excluding carboxylic acids is 1. The van der Waals surface area contributed by atoms with Crippen LogP contribution in [0.2, 0.25) is 0 Å². The topological polar surface area (TPSA) is 29.1 Å². The number of hydrogen-bond acceptors (Lipinski definition) is 2. The van der Waals surface area contributed by atoms with E-state index in [0.717, 1.165) is 6.07 Å². The summed E-state index contributed by atoms with van der Waals surface area (Å²) in [4.78, 5) is 11.1. The summed E-state index contributed by atoms with van der Waals surface area (Å²) in [6, 6.07) is 3.45. The highest BCUT2D eigenvalue weighted by atomic mass is 32.1. The van der Waals surface area contributed by atoms with Crippen LogP contribution in [0.25, 0.3) is 0 Å². The zero-order valence-electron chi connectivity index (χ0n) is 9.76. The van der Waals surface area contributed by atoms with Crippen LogP contribution in [0.4, 0.5) is 8.78 Å². The van der Waals surface area contributed by atoms with Crippen molar-refractivity contribution in [3.05, 3.63) is 35.4 Å². The van der Waals surface area contributed by atoms with Crippen molar-refractivity contribution >= 4 is 18.5 Å². The number of halogens is 2. The third-order valence-electron chi connectivity index (χ3n) is 2.53. The zero-order valence-corrected chi connectivity index (χ0v) is 10.7. The quantitative estimate of drug-likeness (QED) is 0.798. The lowest BCUT2D eigenvalue weighted by molar-refractivity contribution is -0.118. The third-order valence-corrected chi connectivity index (χ3v) is 2.82. The second-order valence-electron chi connectivity index (χ2n) is 4.44. The lowest BCUT2D eigenvalue weighted by Gasteiger charge is -2.26. The fourth-order valence-electron chi connectivity index (χ4n) is 1.51. The van der Waals surface area contributed by atoms with E-state index in [0.29, 0.717) is 5.56 Å². The Balaban J connectivity index is 2.85. The Labute approximate surface area is 105 Å². The minimum absolute atomic E-state index is 0.0853. The average Bonchev–Trinajstić information content (AvgIpc) is 2.25. The fourth-order valence-corrected chi connectivity index (χ4v) is 1.62. The van der Waals surface area contributed by atoms with Gasteiger partial charge in [-0.05, 0) is 11.6 Å². The van der Waals surface area contributed by atoms with E-state index in [9.17, 15) is 13.6 Å². The van der Waals surface area contributed by atoms with Crippen LogP contribution in [0.3, 0.4) is 0 Å². The predicted octanol–water partition coefficient (Wildman–Crippen LogP) is 2.29. The van der Waals surface area contributed by atoms with Gasteiger partial charge in [0.1, 0.15) is 11.6 Å². The molecule has 0 atom stereocenters. The minimum atomic E-state index is -0.610. The summed E-state index contributed by atoms with van der Waals surface area (Å²) >= 11 is 3.83. The molecule has 0 aliphatic carbocycles. The first-order valence-electron chi connectivity index (χ1n) is 5.20. The summed E-state index contributed by atoms with van der Waals surface area (Å²) in [5.74, 6) is -1.34. The Morgan fingerprint density at radius 1 is 1.41 bits per heavy atom. The molecule has 94 valence electrons. The van der Waals surface area contributed by atoms with E-state index in [1.54, 1.807) is 13.8 Å². The van der Waals surface area contributed by atoms with Gasteiger partial charge in [-0.2, -0.15) is 12.6 Å². The van der Waals surface area contributed by atoms with Gasteiger partial charge >= 0.3 is 0 Å². The molecule has 2 nitrogen and oxygen atoms in total. The van der Waals surface area contributed by atoms with Crippen LogP contribution >= 0.6 is 12.6 Å². The Bertz CT molecular complexity index is 421. The molecule has 5 heteroatoms. The molecule has 0 fully saturated rings. The first-order chi connectivity index (χ1) is 7.86. The Kier molecular flexibility index (Phi) is 4.51. The molecule has 0 unspecified atom stereocenters. The molecule has 1 N–H and O–H groups in total. The van der Waals surface area contributed by atoms with Crippen LogP contribution in [0.5, 0.6) is 0 Å². The van der Waals surface area contributed by atoms with E-state index in [2.05, 4.69) is 17.9 Å². The van der Waals surface area contributed by atoms with Gasteiger partial charge in [0.05, 0.1) is 5.75 Å². The standard InChI is InChI=1S/C12H15F2NOS/c1-12(2,7-15-11(16)6-17)9-4-3-8(13)5-10(9)14/h3-5,17H,6-7H2,1-2H3,(H,15,16).